The number of nitrogens with zero attached hydrogens (tertiary/aromatic N) is 1. The average molecular weight is 486 g/mol. The van der Waals surface area contributed by atoms with E-state index in [1.165, 1.54) is 77.0 Å². The Morgan fingerprint density at radius 2 is 1.66 bits per heavy atom. The van der Waals surface area contributed by atoms with E-state index >= 15 is 0 Å². The Labute approximate surface area is 214 Å². The van der Waals surface area contributed by atoms with Crippen LogP contribution in [0.2, 0.25) is 0 Å². The van der Waals surface area contributed by atoms with Gasteiger partial charge >= 0.3 is 0 Å². The number of hydrogen-bond acceptors (Lipinski definition) is 4. The van der Waals surface area contributed by atoms with Crippen LogP contribution in [0.4, 0.5) is 0 Å². The average Bonchev–Trinajstić information content (AvgIpc) is 3.28. The van der Waals surface area contributed by atoms with Crippen LogP contribution >= 0.6 is 0 Å². The third-order valence-electron chi connectivity index (χ3n) is 13.9. The van der Waals surface area contributed by atoms with Gasteiger partial charge in [0.2, 0.25) is 0 Å². The molecule has 6 aliphatic rings. The maximum Gasteiger partial charge on any atom is 0.157 e. The van der Waals surface area contributed by atoms with Gasteiger partial charge in [0.15, 0.2) is 6.29 Å². The third kappa shape index (κ3) is 3.50. The Morgan fingerprint density at radius 1 is 0.800 bits per heavy atom. The molecule has 1 aliphatic heterocycles. The Morgan fingerprint density at radius 3 is 2.43 bits per heavy atom. The zero-order chi connectivity index (χ0) is 24.5. The predicted molar refractivity (Wildman–Crippen MR) is 140 cm³/mol. The maximum absolute atomic E-state index is 11.6. The van der Waals surface area contributed by atoms with Gasteiger partial charge in [0.05, 0.1) is 12.6 Å². The summed E-state index contributed by atoms with van der Waals surface area (Å²) in [7, 11) is 0. The molecule has 0 spiro atoms. The fourth-order valence-electron chi connectivity index (χ4n) is 11.8. The summed E-state index contributed by atoms with van der Waals surface area (Å²) < 4.78 is 12.5. The molecular formula is C31H51NO3. The molecule has 10 unspecified atom stereocenters. The lowest BCUT2D eigenvalue weighted by molar-refractivity contribution is -0.240. The van der Waals surface area contributed by atoms with Crippen LogP contribution in [0.3, 0.4) is 0 Å². The van der Waals surface area contributed by atoms with Crippen molar-refractivity contribution in [2.24, 2.45) is 56.4 Å². The second-order valence-electron chi connectivity index (χ2n) is 14.8. The van der Waals surface area contributed by atoms with Crippen molar-refractivity contribution in [1.82, 2.24) is 0 Å². The van der Waals surface area contributed by atoms with E-state index in [0.29, 0.717) is 33.5 Å². The van der Waals surface area contributed by atoms with Crippen LogP contribution in [-0.4, -0.2) is 25.5 Å². The number of nitroso groups, excluding NO2 is 1. The topological polar surface area (TPSA) is 47.9 Å². The van der Waals surface area contributed by atoms with E-state index in [2.05, 4.69) is 32.9 Å². The van der Waals surface area contributed by atoms with Gasteiger partial charge in [-0.15, -0.1) is 0 Å². The first-order valence-corrected chi connectivity index (χ1v) is 15.3. The Kier molecular flexibility index (Phi) is 6.23. The van der Waals surface area contributed by atoms with E-state index in [-0.39, 0.29) is 12.3 Å². The van der Waals surface area contributed by atoms with Crippen molar-refractivity contribution in [1.29, 1.82) is 0 Å². The van der Waals surface area contributed by atoms with Crippen LogP contribution in [0.25, 0.3) is 0 Å². The zero-order valence-electron chi connectivity index (χ0n) is 23.0. The van der Waals surface area contributed by atoms with Gasteiger partial charge < -0.3 is 9.47 Å². The highest BCUT2D eigenvalue weighted by Gasteiger charge is 2.69. The molecule has 0 N–H and O–H groups in total. The van der Waals surface area contributed by atoms with Crippen molar-refractivity contribution >= 4 is 0 Å². The molecule has 1 heterocycles. The van der Waals surface area contributed by atoms with E-state index in [1.807, 2.05) is 0 Å². The fraction of sp³-hybridized carbons (Fsp3) is 1.00. The van der Waals surface area contributed by atoms with E-state index < -0.39 is 0 Å². The second-order valence-corrected chi connectivity index (χ2v) is 14.8. The molecule has 5 aliphatic carbocycles. The van der Waals surface area contributed by atoms with Crippen molar-refractivity contribution in [3.05, 3.63) is 4.91 Å². The summed E-state index contributed by atoms with van der Waals surface area (Å²) in [6.45, 7) is 12.2. The van der Waals surface area contributed by atoms with Gasteiger partial charge in [0, 0.05) is 6.61 Å². The van der Waals surface area contributed by atoms with Crippen LogP contribution in [0.15, 0.2) is 5.18 Å². The Bertz CT molecular complexity index is 811. The summed E-state index contributed by atoms with van der Waals surface area (Å²) in [5, 5.41) is 3.58. The molecular weight excluding hydrogens is 434 g/mol. The van der Waals surface area contributed by atoms with Crippen molar-refractivity contribution in [3.8, 4) is 0 Å². The molecule has 0 radical (unpaired) electrons. The van der Waals surface area contributed by atoms with Crippen LogP contribution < -0.4 is 0 Å². The van der Waals surface area contributed by atoms with Crippen LogP contribution in [-0.2, 0) is 9.47 Å². The number of ether oxygens (including phenoxy) is 2. The van der Waals surface area contributed by atoms with Gasteiger partial charge in [-0.3, -0.25) is 0 Å². The first-order chi connectivity index (χ1) is 16.8. The van der Waals surface area contributed by atoms with Gasteiger partial charge in [-0.05, 0) is 135 Å². The van der Waals surface area contributed by atoms with E-state index in [4.69, 9.17) is 9.47 Å². The minimum Gasteiger partial charge on any atom is -0.353 e. The summed E-state index contributed by atoms with van der Waals surface area (Å²) in [6.07, 6.45) is 18.2. The van der Waals surface area contributed by atoms with Crippen molar-refractivity contribution in [2.75, 3.05) is 13.2 Å². The fourth-order valence-corrected chi connectivity index (χ4v) is 11.8. The minimum absolute atomic E-state index is 0.0475. The summed E-state index contributed by atoms with van der Waals surface area (Å²) in [5.74, 6) is 3.61. The largest absolute Gasteiger partial charge is 0.353 e. The molecule has 0 amide bonds. The Hall–Kier alpha value is -0.480. The first-order valence-electron chi connectivity index (χ1n) is 15.3. The molecule has 6 fully saturated rings. The molecule has 0 aromatic heterocycles. The molecule has 6 rings (SSSR count). The zero-order valence-corrected chi connectivity index (χ0v) is 23.0. The normalized spacial score (nSPS) is 55.8. The highest BCUT2D eigenvalue weighted by atomic mass is 16.7. The molecule has 35 heavy (non-hydrogen) atoms. The van der Waals surface area contributed by atoms with E-state index in [9.17, 15) is 4.91 Å². The molecule has 11 atom stereocenters. The maximum atomic E-state index is 11.6. The molecule has 4 nitrogen and oxygen atoms in total. The predicted octanol–water partition coefficient (Wildman–Crippen LogP) is 8.13. The van der Waals surface area contributed by atoms with Gasteiger partial charge in [-0.2, -0.15) is 4.91 Å². The lowest BCUT2D eigenvalue weighted by Crippen LogP contribution is -2.65. The summed E-state index contributed by atoms with van der Waals surface area (Å²) >= 11 is 0. The smallest absolute Gasteiger partial charge is 0.157 e. The summed E-state index contributed by atoms with van der Waals surface area (Å²) in [5.41, 5.74) is 1.64. The summed E-state index contributed by atoms with van der Waals surface area (Å²) in [6, 6.07) is 0.0475. The minimum atomic E-state index is 0.0475. The van der Waals surface area contributed by atoms with Crippen LogP contribution in [0, 0.1) is 56.2 Å². The highest BCUT2D eigenvalue weighted by molar-refractivity contribution is 5.17. The van der Waals surface area contributed by atoms with Gasteiger partial charge in [0.25, 0.3) is 0 Å². The van der Waals surface area contributed by atoms with Gasteiger partial charge in [-0.25, -0.2) is 0 Å². The number of rotatable bonds is 4. The molecule has 198 valence electrons. The first kappa shape index (κ1) is 24.8. The second kappa shape index (κ2) is 8.79. The standard InChI is InChI=1S/C31H51NO3/c1-21-22-12-16-30(4)26(28(22,2)15-13-25(21)32-33)11-10-23-24-8-7-14-31(24,18-17-29(23,30)3)20-35-27-9-5-6-19-34-27/h21-27H,5-20H2,1-4H3/t21?,22?,23?,24?,25?,26?,27?,28?,29-,30?,31?/m1/s1. The number of hydrogen-bond donors (Lipinski definition) is 0. The van der Waals surface area contributed by atoms with Crippen molar-refractivity contribution in [3.63, 3.8) is 0 Å². The van der Waals surface area contributed by atoms with E-state index in [1.54, 1.807) is 0 Å². The molecule has 1 saturated heterocycles. The molecule has 4 heteroatoms. The molecule has 0 aromatic rings. The van der Waals surface area contributed by atoms with E-state index in [0.717, 1.165) is 43.8 Å². The molecule has 5 saturated carbocycles. The number of fused-ring (bicyclic) bond motifs is 7. The van der Waals surface area contributed by atoms with Crippen LogP contribution in [0.1, 0.15) is 118 Å². The van der Waals surface area contributed by atoms with Crippen LogP contribution in [0.5, 0.6) is 0 Å². The third-order valence-corrected chi connectivity index (χ3v) is 13.9. The van der Waals surface area contributed by atoms with Crippen molar-refractivity contribution in [2.45, 2.75) is 130 Å². The molecule has 0 aromatic carbocycles. The van der Waals surface area contributed by atoms with Crippen molar-refractivity contribution < 1.29 is 9.47 Å². The van der Waals surface area contributed by atoms with Gasteiger partial charge in [0.1, 0.15) is 0 Å². The molecule has 0 bridgehead atoms. The highest BCUT2D eigenvalue weighted by Crippen LogP contribution is 2.76. The SMILES string of the molecule is CC1C(N=O)CCC2(C)C1CCC1(C)C2CCC2C3CCCC3(COC3CCCCO3)CC[C@]21C. The lowest BCUT2D eigenvalue weighted by Gasteiger charge is -2.71. The summed E-state index contributed by atoms with van der Waals surface area (Å²) in [4.78, 5) is 11.6. The van der Waals surface area contributed by atoms with Gasteiger partial charge in [-0.1, -0.05) is 39.3 Å². The monoisotopic (exact) mass is 485 g/mol. The Balaban J connectivity index is 1.25. The lowest BCUT2D eigenvalue weighted by atomic mass is 9.33. The quantitative estimate of drug-likeness (QED) is 0.378.